The van der Waals surface area contributed by atoms with Crippen LogP contribution in [0.4, 0.5) is 4.79 Å². The van der Waals surface area contributed by atoms with Crippen molar-refractivity contribution in [2.24, 2.45) is 0 Å². The van der Waals surface area contributed by atoms with Gasteiger partial charge in [0.25, 0.3) is 0 Å². The van der Waals surface area contributed by atoms with E-state index in [4.69, 9.17) is 4.79 Å². The molecular weight excluding hydrogens is 344 g/mol. The minimum atomic E-state index is 0.130. The molecule has 0 atom stereocenters. The molecule has 0 spiro atoms. The van der Waals surface area contributed by atoms with Crippen molar-refractivity contribution in [3.8, 4) is 0 Å². The van der Waals surface area contributed by atoms with E-state index in [1.54, 1.807) is 11.8 Å². The average molecular weight is 381 g/mol. The summed E-state index contributed by atoms with van der Waals surface area (Å²) in [5.41, 5.74) is 0. The smallest absolute Gasteiger partial charge is 0.319 e. The highest BCUT2D eigenvalue weighted by Gasteiger charge is 2.32. The van der Waals surface area contributed by atoms with Gasteiger partial charge >= 0.3 is 6.03 Å². The van der Waals surface area contributed by atoms with Gasteiger partial charge in [0.1, 0.15) is 6.79 Å². The zero-order valence-corrected chi connectivity index (χ0v) is 17.4. The number of amides is 2. The summed E-state index contributed by atoms with van der Waals surface area (Å²) in [5, 5.41) is 6.21. The van der Waals surface area contributed by atoms with Gasteiger partial charge in [0.05, 0.1) is 5.03 Å². The fourth-order valence-electron chi connectivity index (χ4n) is 3.97. The lowest BCUT2D eigenvalue weighted by molar-refractivity contribution is -0.0980. The number of rotatable bonds is 6. The van der Waals surface area contributed by atoms with Gasteiger partial charge in [0, 0.05) is 12.1 Å². The van der Waals surface area contributed by atoms with Crippen molar-refractivity contribution in [1.29, 1.82) is 0 Å². The van der Waals surface area contributed by atoms with Crippen LogP contribution in [0.15, 0.2) is 22.6 Å². The fourth-order valence-corrected chi connectivity index (χ4v) is 4.67. The Labute approximate surface area is 163 Å². The van der Waals surface area contributed by atoms with Crippen LogP contribution < -0.4 is 5.32 Å². The molecule has 1 N–H and O–H groups in total. The lowest BCUT2D eigenvalue weighted by Crippen LogP contribution is -2.52. The molecule has 4 nitrogen and oxygen atoms in total. The van der Waals surface area contributed by atoms with E-state index >= 15 is 0 Å². The van der Waals surface area contributed by atoms with E-state index in [1.165, 1.54) is 64.2 Å². The lowest BCUT2D eigenvalue weighted by Gasteiger charge is -2.41. The molecule has 2 rings (SSSR count). The second-order valence-corrected chi connectivity index (χ2v) is 7.93. The van der Waals surface area contributed by atoms with Gasteiger partial charge < -0.3 is 15.0 Å². The summed E-state index contributed by atoms with van der Waals surface area (Å²) in [4.78, 5) is 23.4. The van der Waals surface area contributed by atoms with E-state index in [2.05, 4.69) is 23.2 Å². The molecule has 0 radical (unpaired) electrons. The predicted octanol–water partition coefficient (Wildman–Crippen LogP) is 6.00. The minimum absolute atomic E-state index is 0.130. The van der Waals surface area contributed by atoms with Gasteiger partial charge in [-0.15, -0.1) is 0 Å². The molecule has 0 saturated heterocycles. The van der Waals surface area contributed by atoms with Crippen LogP contribution in [0.2, 0.25) is 0 Å². The molecule has 26 heavy (non-hydrogen) atoms. The first kappa shape index (κ1) is 22.8. The third kappa shape index (κ3) is 7.56. The fraction of sp³-hybridized carbons (Fsp3) is 0.714. The Bertz CT molecular complexity index is 435. The molecule has 148 valence electrons. The Morgan fingerprint density at radius 2 is 1.54 bits per heavy atom. The molecule has 0 aromatic heterocycles. The van der Waals surface area contributed by atoms with Crippen molar-refractivity contribution in [1.82, 2.24) is 10.2 Å². The number of carbonyl (C=O) groups excluding carboxylic acids is 2. The second-order valence-electron chi connectivity index (χ2n) is 6.98. The number of nitrogens with zero attached hydrogens (tertiary/aromatic N) is 1. The van der Waals surface area contributed by atoms with Crippen molar-refractivity contribution < 1.29 is 9.59 Å². The number of carbonyl (C=O) groups is 2. The molecule has 2 aliphatic carbocycles. The summed E-state index contributed by atoms with van der Waals surface area (Å²) in [6.07, 6.45) is 17.5. The van der Waals surface area contributed by atoms with Gasteiger partial charge in [-0.1, -0.05) is 69.4 Å². The third-order valence-electron chi connectivity index (χ3n) is 5.12. The number of nitrogens with one attached hydrogen (secondary N) is 1. The SMILES string of the molecule is C/C=C\S/C(=C\CC)NC(=O)N(C1CCCCC1)C1CCCCC1.C=O. The quantitative estimate of drug-likeness (QED) is 0.615. The highest BCUT2D eigenvalue weighted by Crippen LogP contribution is 2.30. The number of hydrogen-bond donors (Lipinski definition) is 1. The predicted molar refractivity (Wildman–Crippen MR) is 112 cm³/mol. The monoisotopic (exact) mass is 380 g/mol. The summed E-state index contributed by atoms with van der Waals surface area (Å²) in [7, 11) is 0. The Morgan fingerprint density at radius 3 is 1.96 bits per heavy atom. The number of urea groups is 1. The third-order valence-corrected chi connectivity index (χ3v) is 6.05. The Hall–Kier alpha value is -1.23. The lowest BCUT2D eigenvalue weighted by atomic mass is 9.89. The van der Waals surface area contributed by atoms with Gasteiger partial charge in [-0.3, -0.25) is 0 Å². The van der Waals surface area contributed by atoms with E-state index in [-0.39, 0.29) is 6.03 Å². The summed E-state index contributed by atoms with van der Waals surface area (Å²) in [6.45, 7) is 6.12. The van der Waals surface area contributed by atoms with Crippen LogP contribution in [-0.4, -0.2) is 29.8 Å². The summed E-state index contributed by atoms with van der Waals surface area (Å²) in [5.74, 6) is 0. The zero-order chi connectivity index (χ0) is 19.2. The molecule has 2 amide bonds. The van der Waals surface area contributed by atoms with E-state index in [9.17, 15) is 4.79 Å². The van der Waals surface area contributed by atoms with Gasteiger partial charge in [0.15, 0.2) is 0 Å². The van der Waals surface area contributed by atoms with Gasteiger partial charge in [0.2, 0.25) is 0 Å². The van der Waals surface area contributed by atoms with Crippen LogP contribution in [0.5, 0.6) is 0 Å². The molecule has 0 aliphatic heterocycles. The molecule has 0 bridgehead atoms. The Kier molecular flexibility index (Phi) is 12.2. The first-order chi connectivity index (χ1) is 12.8. The molecule has 2 fully saturated rings. The molecule has 5 heteroatoms. The Balaban J connectivity index is 0.00000163. The zero-order valence-electron chi connectivity index (χ0n) is 16.5. The van der Waals surface area contributed by atoms with Crippen molar-refractivity contribution in [3.05, 3.63) is 22.6 Å². The van der Waals surface area contributed by atoms with Crippen LogP contribution in [0, 0.1) is 0 Å². The van der Waals surface area contributed by atoms with E-state index < -0.39 is 0 Å². The van der Waals surface area contributed by atoms with Crippen molar-refractivity contribution in [3.63, 3.8) is 0 Å². The standard InChI is InChI=1S/C20H34N2OS.CH2O/c1-3-11-19(24-16-4-2)21-20(23)22(17-12-7-5-8-13-17)18-14-9-6-10-15-18;1-2/h4,11,16-18H,3,5-10,12-15H2,1-2H3,(H,21,23);1H2/b16-4-,19-11-;. The summed E-state index contributed by atoms with van der Waals surface area (Å²) >= 11 is 1.61. The molecule has 0 unspecified atom stereocenters. The van der Waals surface area contributed by atoms with Crippen LogP contribution in [0.25, 0.3) is 0 Å². The van der Waals surface area contributed by atoms with Crippen LogP contribution >= 0.6 is 11.8 Å². The molecule has 2 saturated carbocycles. The first-order valence-electron chi connectivity index (χ1n) is 10.1. The normalized spacial score (nSPS) is 19.7. The maximum absolute atomic E-state index is 13.1. The first-order valence-corrected chi connectivity index (χ1v) is 11.0. The summed E-state index contributed by atoms with van der Waals surface area (Å²) < 4.78 is 0. The Morgan fingerprint density at radius 1 is 1.04 bits per heavy atom. The number of allylic oxidation sites excluding steroid dienone is 2. The van der Waals surface area contributed by atoms with Crippen LogP contribution in [-0.2, 0) is 4.79 Å². The minimum Gasteiger partial charge on any atom is -0.319 e. The van der Waals surface area contributed by atoms with E-state index in [0.717, 1.165) is 11.4 Å². The molecule has 0 aromatic rings. The number of hydrogen-bond acceptors (Lipinski definition) is 3. The molecule has 2 aliphatic rings. The van der Waals surface area contributed by atoms with Gasteiger partial charge in [-0.2, -0.15) is 0 Å². The summed E-state index contributed by atoms with van der Waals surface area (Å²) in [6, 6.07) is 1.01. The van der Waals surface area contributed by atoms with E-state index in [0.29, 0.717) is 12.1 Å². The average Bonchev–Trinajstić information content (AvgIpc) is 2.70. The van der Waals surface area contributed by atoms with Crippen LogP contribution in [0.3, 0.4) is 0 Å². The number of thioether (sulfide) groups is 1. The second kappa shape index (κ2) is 13.9. The van der Waals surface area contributed by atoms with Crippen molar-refractivity contribution in [2.75, 3.05) is 0 Å². The van der Waals surface area contributed by atoms with Gasteiger partial charge in [-0.05, 0) is 44.4 Å². The van der Waals surface area contributed by atoms with Crippen molar-refractivity contribution >= 4 is 24.6 Å². The van der Waals surface area contributed by atoms with E-state index in [1.807, 2.05) is 25.2 Å². The topological polar surface area (TPSA) is 49.4 Å². The maximum Gasteiger partial charge on any atom is 0.322 e. The maximum atomic E-state index is 13.1. The largest absolute Gasteiger partial charge is 0.322 e. The highest BCUT2D eigenvalue weighted by molar-refractivity contribution is 8.05. The molecule has 0 heterocycles. The molecule has 0 aromatic carbocycles. The van der Waals surface area contributed by atoms with Gasteiger partial charge in [-0.25, -0.2) is 4.79 Å². The molecular formula is C21H36N2O2S. The van der Waals surface area contributed by atoms with Crippen LogP contribution in [0.1, 0.15) is 84.5 Å². The van der Waals surface area contributed by atoms with Crippen molar-refractivity contribution in [2.45, 2.75) is 96.6 Å². The highest BCUT2D eigenvalue weighted by atomic mass is 32.2.